The molecular formula is C13H24O2. The predicted molar refractivity (Wildman–Crippen MR) is 60.7 cm³/mol. The van der Waals surface area contributed by atoms with Gasteiger partial charge in [-0.05, 0) is 57.3 Å². The van der Waals surface area contributed by atoms with Crippen molar-refractivity contribution in [2.75, 3.05) is 13.2 Å². The van der Waals surface area contributed by atoms with Gasteiger partial charge in [0, 0.05) is 13.2 Å². The lowest BCUT2D eigenvalue weighted by molar-refractivity contribution is 0.00612. The quantitative estimate of drug-likeness (QED) is 0.779. The minimum Gasteiger partial charge on any atom is -0.390 e. The van der Waals surface area contributed by atoms with Crippen molar-refractivity contribution < 1.29 is 9.84 Å². The lowest BCUT2D eigenvalue weighted by Gasteiger charge is -2.33. The molecule has 88 valence electrons. The summed E-state index contributed by atoms with van der Waals surface area (Å²) in [7, 11) is 0. The summed E-state index contributed by atoms with van der Waals surface area (Å²) >= 11 is 0. The Labute approximate surface area is 93.0 Å². The molecular weight excluding hydrogens is 188 g/mol. The van der Waals surface area contributed by atoms with Crippen molar-refractivity contribution in [1.82, 2.24) is 0 Å². The summed E-state index contributed by atoms with van der Waals surface area (Å²) in [6.45, 7) is 3.95. The Hall–Kier alpha value is -0.0800. The van der Waals surface area contributed by atoms with Crippen LogP contribution in [-0.2, 0) is 4.74 Å². The highest BCUT2D eigenvalue weighted by molar-refractivity contribution is 4.81. The fourth-order valence-electron chi connectivity index (χ4n) is 2.87. The fraction of sp³-hybridized carbons (Fsp3) is 1.00. The van der Waals surface area contributed by atoms with E-state index in [9.17, 15) is 5.11 Å². The maximum Gasteiger partial charge on any atom is 0.0620 e. The standard InChI is InChI=1S/C13H24O2/c1-13(14)7-4-11(5-8-13)2-3-12-6-9-15-10-12/h11-12,14H,2-10H2,1H3. The largest absolute Gasteiger partial charge is 0.390 e. The maximum absolute atomic E-state index is 9.85. The molecule has 0 amide bonds. The molecule has 2 rings (SSSR count). The second kappa shape index (κ2) is 4.84. The van der Waals surface area contributed by atoms with Crippen LogP contribution < -0.4 is 0 Å². The molecule has 0 aromatic rings. The molecule has 2 fully saturated rings. The van der Waals surface area contributed by atoms with Crippen LogP contribution in [0.3, 0.4) is 0 Å². The Morgan fingerprint density at radius 3 is 2.40 bits per heavy atom. The van der Waals surface area contributed by atoms with Gasteiger partial charge in [-0.2, -0.15) is 0 Å². The fourth-order valence-corrected chi connectivity index (χ4v) is 2.87. The van der Waals surface area contributed by atoms with Crippen LogP contribution in [0, 0.1) is 11.8 Å². The Kier molecular flexibility index (Phi) is 3.68. The first-order valence-electron chi connectivity index (χ1n) is 6.46. The molecule has 15 heavy (non-hydrogen) atoms. The first-order chi connectivity index (χ1) is 7.16. The summed E-state index contributed by atoms with van der Waals surface area (Å²) in [5, 5.41) is 9.85. The molecule has 1 atom stereocenters. The van der Waals surface area contributed by atoms with Gasteiger partial charge in [-0.1, -0.05) is 6.42 Å². The summed E-state index contributed by atoms with van der Waals surface area (Å²) in [4.78, 5) is 0. The van der Waals surface area contributed by atoms with Crippen molar-refractivity contribution in [2.45, 2.75) is 57.5 Å². The zero-order valence-corrected chi connectivity index (χ0v) is 9.87. The normalized spacial score (nSPS) is 42.0. The smallest absolute Gasteiger partial charge is 0.0620 e. The number of rotatable bonds is 3. The lowest BCUT2D eigenvalue weighted by atomic mass is 9.77. The Balaban J connectivity index is 1.64. The first kappa shape index (κ1) is 11.4. The average molecular weight is 212 g/mol. The van der Waals surface area contributed by atoms with Crippen LogP contribution in [-0.4, -0.2) is 23.9 Å². The molecule has 1 aliphatic carbocycles. The predicted octanol–water partition coefficient (Wildman–Crippen LogP) is 2.74. The zero-order chi connectivity index (χ0) is 10.7. The third kappa shape index (κ3) is 3.46. The highest BCUT2D eigenvalue weighted by atomic mass is 16.5. The van der Waals surface area contributed by atoms with Crippen LogP contribution >= 0.6 is 0 Å². The molecule has 0 aromatic heterocycles. The van der Waals surface area contributed by atoms with E-state index >= 15 is 0 Å². The molecule has 1 saturated carbocycles. The van der Waals surface area contributed by atoms with E-state index in [2.05, 4.69) is 0 Å². The van der Waals surface area contributed by atoms with Crippen molar-refractivity contribution in [1.29, 1.82) is 0 Å². The zero-order valence-electron chi connectivity index (χ0n) is 9.87. The molecule has 0 spiro atoms. The molecule has 2 heteroatoms. The van der Waals surface area contributed by atoms with Gasteiger partial charge in [-0.25, -0.2) is 0 Å². The summed E-state index contributed by atoms with van der Waals surface area (Å²) in [5.74, 6) is 1.69. The molecule has 0 aromatic carbocycles. The van der Waals surface area contributed by atoms with E-state index in [-0.39, 0.29) is 5.60 Å². The maximum atomic E-state index is 9.85. The molecule has 1 N–H and O–H groups in total. The molecule has 0 radical (unpaired) electrons. The summed E-state index contributed by atoms with van der Waals surface area (Å²) in [6.07, 6.45) is 8.40. The van der Waals surface area contributed by atoms with Gasteiger partial charge in [0.15, 0.2) is 0 Å². The van der Waals surface area contributed by atoms with Gasteiger partial charge in [0.1, 0.15) is 0 Å². The summed E-state index contributed by atoms with van der Waals surface area (Å²) < 4.78 is 5.39. The van der Waals surface area contributed by atoms with E-state index in [0.29, 0.717) is 0 Å². The van der Waals surface area contributed by atoms with Crippen LogP contribution in [0.5, 0.6) is 0 Å². The molecule has 1 saturated heterocycles. The second-order valence-corrected chi connectivity index (χ2v) is 5.75. The first-order valence-corrected chi connectivity index (χ1v) is 6.46. The van der Waals surface area contributed by atoms with E-state index < -0.39 is 0 Å². The van der Waals surface area contributed by atoms with Crippen molar-refractivity contribution in [3.63, 3.8) is 0 Å². The van der Waals surface area contributed by atoms with Crippen molar-refractivity contribution in [2.24, 2.45) is 11.8 Å². The van der Waals surface area contributed by atoms with Crippen molar-refractivity contribution in [3.8, 4) is 0 Å². The van der Waals surface area contributed by atoms with Crippen LogP contribution in [0.15, 0.2) is 0 Å². The van der Waals surface area contributed by atoms with Gasteiger partial charge in [0.25, 0.3) is 0 Å². The van der Waals surface area contributed by atoms with Crippen LogP contribution in [0.1, 0.15) is 51.9 Å². The highest BCUT2D eigenvalue weighted by Gasteiger charge is 2.29. The second-order valence-electron chi connectivity index (χ2n) is 5.75. The molecule has 1 heterocycles. The lowest BCUT2D eigenvalue weighted by Crippen LogP contribution is -2.30. The van der Waals surface area contributed by atoms with Gasteiger partial charge in [0.2, 0.25) is 0 Å². The monoisotopic (exact) mass is 212 g/mol. The number of aliphatic hydroxyl groups is 1. The van der Waals surface area contributed by atoms with Gasteiger partial charge < -0.3 is 9.84 Å². The van der Waals surface area contributed by atoms with Crippen LogP contribution in [0.2, 0.25) is 0 Å². The minimum absolute atomic E-state index is 0.368. The van der Waals surface area contributed by atoms with Crippen molar-refractivity contribution in [3.05, 3.63) is 0 Å². The van der Waals surface area contributed by atoms with Crippen LogP contribution in [0.4, 0.5) is 0 Å². The van der Waals surface area contributed by atoms with Crippen molar-refractivity contribution >= 4 is 0 Å². The third-order valence-electron chi connectivity index (χ3n) is 4.19. The van der Waals surface area contributed by atoms with Gasteiger partial charge >= 0.3 is 0 Å². The van der Waals surface area contributed by atoms with Gasteiger partial charge in [-0.15, -0.1) is 0 Å². The summed E-state index contributed by atoms with van der Waals surface area (Å²) in [6, 6.07) is 0. The topological polar surface area (TPSA) is 29.5 Å². The van der Waals surface area contributed by atoms with E-state index in [4.69, 9.17) is 4.74 Å². The molecule has 2 aliphatic rings. The van der Waals surface area contributed by atoms with E-state index in [1.54, 1.807) is 0 Å². The van der Waals surface area contributed by atoms with Crippen LogP contribution in [0.25, 0.3) is 0 Å². The third-order valence-corrected chi connectivity index (χ3v) is 4.19. The number of ether oxygens (including phenoxy) is 1. The Bertz CT molecular complexity index is 185. The molecule has 2 nitrogen and oxygen atoms in total. The molecule has 1 unspecified atom stereocenters. The Morgan fingerprint density at radius 2 is 1.80 bits per heavy atom. The number of hydrogen-bond acceptors (Lipinski definition) is 2. The SMILES string of the molecule is CC1(O)CCC(CCC2CCOC2)CC1. The van der Waals surface area contributed by atoms with E-state index in [1.807, 2.05) is 6.92 Å². The van der Waals surface area contributed by atoms with Gasteiger partial charge in [0.05, 0.1) is 5.60 Å². The average Bonchev–Trinajstić information content (AvgIpc) is 2.69. The van der Waals surface area contributed by atoms with E-state index in [0.717, 1.165) is 37.9 Å². The molecule has 0 bridgehead atoms. The van der Waals surface area contributed by atoms with Gasteiger partial charge in [-0.3, -0.25) is 0 Å². The Morgan fingerprint density at radius 1 is 1.13 bits per heavy atom. The van der Waals surface area contributed by atoms with E-state index in [1.165, 1.54) is 32.1 Å². The minimum atomic E-state index is -0.368. The summed E-state index contributed by atoms with van der Waals surface area (Å²) in [5.41, 5.74) is -0.368. The number of hydrogen-bond donors (Lipinski definition) is 1. The highest BCUT2D eigenvalue weighted by Crippen LogP contribution is 2.35. The molecule has 1 aliphatic heterocycles.